The second kappa shape index (κ2) is 6.22. The largest absolute Gasteiger partial charge is 0.469 e. The lowest BCUT2D eigenvalue weighted by atomic mass is 9.99. The van der Waals surface area contributed by atoms with E-state index in [2.05, 4.69) is 0 Å². The molecule has 1 aromatic carbocycles. The van der Waals surface area contributed by atoms with Crippen LogP contribution in [0.1, 0.15) is 22.8 Å². The molecule has 0 saturated carbocycles. The first-order valence-electron chi connectivity index (χ1n) is 6.71. The first-order valence-corrected chi connectivity index (χ1v) is 7.11. The van der Waals surface area contributed by atoms with Crippen molar-refractivity contribution in [2.45, 2.75) is 6.92 Å². The third kappa shape index (κ3) is 3.21. The van der Waals surface area contributed by atoms with Gasteiger partial charge in [-0.3, -0.25) is 9.59 Å². The summed E-state index contributed by atoms with van der Waals surface area (Å²) in [7, 11) is 1.37. The monoisotopic (exact) mass is 306 g/mol. The van der Waals surface area contributed by atoms with Crippen LogP contribution in [-0.4, -0.2) is 42.0 Å². The predicted molar refractivity (Wildman–Crippen MR) is 82.9 cm³/mol. The third-order valence-electron chi connectivity index (χ3n) is 3.82. The number of ether oxygens (including phenoxy) is 1. The Hall–Kier alpha value is -1.95. The van der Waals surface area contributed by atoms with Gasteiger partial charge in [-0.05, 0) is 18.1 Å². The SMILES string of the molecule is COC(=O)C1CN(C(=O)c2ccc(C(N)=S)cc2)CC1C. The summed E-state index contributed by atoms with van der Waals surface area (Å²) in [6, 6.07) is 6.86. The average Bonchev–Trinajstić information content (AvgIpc) is 2.87. The topological polar surface area (TPSA) is 72.6 Å². The zero-order valence-corrected chi connectivity index (χ0v) is 12.9. The van der Waals surface area contributed by atoms with Crippen LogP contribution < -0.4 is 5.73 Å². The van der Waals surface area contributed by atoms with Crippen LogP contribution in [0, 0.1) is 11.8 Å². The van der Waals surface area contributed by atoms with Crippen LogP contribution in [-0.2, 0) is 9.53 Å². The van der Waals surface area contributed by atoms with Crippen LogP contribution in [0.4, 0.5) is 0 Å². The average molecular weight is 306 g/mol. The van der Waals surface area contributed by atoms with Crippen LogP contribution in [0.5, 0.6) is 0 Å². The maximum atomic E-state index is 12.4. The van der Waals surface area contributed by atoms with Crippen LogP contribution in [0.25, 0.3) is 0 Å². The Morgan fingerprint density at radius 2 is 1.81 bits per heavy atom. The van der Waals surface area contributed by atoms with E-state index in [9.17, 15) is 9.59 Å². The quantitative estimate of drug-likeness (QED) is 0.671. The summed E-state index contributed by atoms with van der Waals surface area (Å²) in [5.74, 6) is -0.517. The minimum Gasteiger partial charge on any atom is -0.469 e. The van der Waals surface area contributed by atoms with Gasteiger partial charge in [0.25, 0.3) is 5.91 Å². The van der Waals surface area contributed by atoms with Gasteiger partial charge in [0, 0.05) is 24.2 Å². The third-order valence-corrected chi connectivity index (χ3v) is 4.06. The molecule has 1 aliphatic rings. The summed E-state index contributed by atoms with van der Waals surface area (Å²) in [6.07, 6.45) is 0. The first-order chi connectivity index (χ1) is 9.93. The fourth-order valence-corrected chi connectivity index (χ4v) is 2.69. The molecule has 112 valence electrons. The minimum absolute atomic E-state index is 0.0947. The number of likely N-dealkylation sites (tertiary alicyclic amines) is 1. The number of methoxy groups -OCH3 is 1. The van der Waals surface area contributed by atoms with Gasteiger partial charge in [-0.1, -0.05) is 31.3 Å². The number of amides is 1. The normalized spacial score (nSPS) is 21.1. The standard InChI is InChI=1S/C15H18N2O3S/c1-9-7-17(8-12(9)15(19)20-2)14(18)11-5-3-10(4-6-11)13(16)21/h3-6,9,12H,7-8H2,1-2H3,(H2,16,21). The van der Waals surface area contributed by atoms with Crippen molar-refractivity contribution in [3.8, 4) is 0 Å². The second-order valence-corrected chi connectivity index (χ2v) is 5.70. The maximum absolute atomic E-state index is 12.4. The zero-order valence-electron chi connectivity index (χ0n) is 12.0. The molecule has 2 rings (SSSR count). The molecule has 2 unspecified atom stereocenters. The van der Waals surface area contributed by atoms with Crippen molar-refractivity contribution >= 4 is 29.1 Å². The Morgan fingerprint density at radius 1 is 1.24 bits per heavy atom. The number of hydrogen-bond acceptors (Lipinski definition) is 4. The summed E-state index contributed by atoms with van der Waals surface area (Å²) >= 11 is 4.88. The lowest BCUT2D eigenvalue weighted by Gasteiger charge is -2.16. The van der Waals surface area contributed by atoms with Gasteiger partial charge in [0.05, 0.1) is 13.0 Å². The lowest BCUT2D eigenvalue weighted by Crippen LogP contribution is -2.30. The molecule has 1 heterocycles. The number of nitrogens with two attached hydrogens (primary N) is 1. The highest BCUT2D eigenvalue weighted by Gasteiger charge is 2.37. The summed E-state index contributed by atoms with van der Waals surface area (Å²) in [6.45, 7) is 2.89. The number of esters is 1. The summed E-state index contributed by atoms with van der Waals surface area (Å²) < 4.78 is 4.78. The van der Waals surface area contributed by atoms with Crippen molar-refractivity contribution < 1.29 is 14.3 Å². The van der Waals surface area contributed by atoms with Crippen LogP contribution >= 0.6 is 12.2 Å². The van der Waals surface area contributed by atoms with E-state index in [1.54, 1.807) is 29.2 Å². The molecular formula is C15H18N2O3S. The number of carbonyl (C=O) groups excluding carboxylic acids is 2. The fourth-order valence-electron chi connectivity index (χ4n) is 2.55. The Labute approximate surface area is 129 Å². The number of hydrogen-bond donors (Lipinski definition) is 1. The van der Waals surface area contributed by atoms with Crippen molar-refractivity contribution in [2.24, 2.45) is 17.6 Å². The van der Waals surface area contributed by atoms with Crippen molar-refractivity contribution in [1.29, 1.82) is 0 Å². The van der Waals surface area contributed by atoms with Crippen LogP contribution in [0.3, 0.4) is 0 Å². The summed E-state index contributed by atoms with van der Waals surface area (Å²) in [5, 5.41) is 0. The molecule has 0 radical (unpaired) electrons. The van der Waals surface area contributed by atoms with Gasteiger partial charge in [-0.25, -0.2) is 0 Å². The molecule has 1 amide bonds. The summed E-state index contributed by atoms with van der Waals surface area (Å²) in [4.78, 5) is 26.1. The molecule has 2 N–H and O–H groups in total. The molecule has 2 atom stereocenters. The van der Waals surface area contributed by atoms with Gasteiger partial charge in [-0.15, -0.1) is 0 Å². The number of carbonyl (C=O) groups is 2. The first kappa shape index (κ1) is 15.4. The van der Waals surface area contributed by atoms with E-state index in [1.165, 1.54) is 7.11 Å². The molecule has 6 heteroatoms. The van der Waals surface area contributed by atoms with E-state index in [4.69, 9.17) is 22.7 Å². The fraction of sp³-hybridized carbons (Fsp3) is 0.400. The maximum Gasteiger partial charge on any atom is 0.310 e. The molecule has 0 aromatic heterocycles. The summed E-state index contributed by atoms with van der Waals surface area (Å²) in [5.41, 5.74) is 6.82. The van der Waals surface area contributed by atoms with E-state index in [1.807, 2.05) is 6.92 Å². The minimum atomic E-state index is -0.262. The molecule has 0 bridgehead atoms. The van der Waals surface area contributed by atoms with Crippen molar-refractivity contribution in [2.75, 3.05) is 20.2 Å². The van der Waals surface area contributed by atoms with Gasteiger partial charge < -0.3 is 15.4 Å². The number of benzene rings is 1. The molecule has 5 nitrogen and oxygen atoms in total. The Balaban J connectivity index is 2.10. The number of nitrogens with zero attached hydrogens (tertiary/aromatic N) is 1. The van der Waals surface area contributed by atoms with Gasteiger partial charge in [0.2, 0.25) is 0 Å². The van der Waals surface area contributed by atoms with E-state index >= 15 is 0 Å². The molecule has 1 aromatic rings. The highest BCUT2D eigenvalue weighted by Crippen LogP contribution is 2.25. The van der Waals surface area contributed by atoms with Crippen LogP contribution in [0.15, 0.2) is 24.3 Å². The second-order valence-electron chi connectivity index (χ2n) is 5.26. The molecule has 21 heavy (non-hydrogen) atoms. The van der Waals surface area contributed by atoms with Crippen molar-refractivity contribution in [3.63, 3.8) is 0 Å². The Kier molecular flexibility index (Phi) is 4.57. The molecular weight excluding hydrogens is 288 g/mol. The highest BCUT2D eigenvalue weighted by molar-refractivity contribution is 7.80. The zero-order chi connectivity index (χ0) is 15.6. The molecule has 1 saturated heterocycles. The molecule has 1 aliphatic heterocycles. The van der Waals surface area contributed by atoms with E-state index in [-0.39, 0.29) is 23.7 Å². The van der Waals surface area contributed by atoms with E-state index in [0.29, 0.717) is 23.6 Å². The molecule has 0 aliphatic carbocycles. The number of thiocarbonyl (C=S) groups is 1. The van der Waals surface area contributed by atoms with Crippen LogP contribution in [0.2, 0.25) is 0 Å². The molecule has 0 spiro atoms. The highest BCUT2D eigenvalue weighted by atomic mass is 32.1. The smallest absolute Gasteiger partial charge is 0.310 e. The van der Waals surface area contributed by atoms with Gasteiger partial charge in [0.15, 0.2) is 0 Å². The van der Waals surface area contributed by atoms with Gasteiger partial charge in [0.1, 0.15) is 4.99 Å². The van der Waals surface area contributed by atoms with Gasteiger partial charge >= 0.3 is 5.97 Å². The van der Waals surface area contributed by atoms with Gasteiger partial charge in [-0.2, -0.15) is 0 Å². The predicted octanol–water partition coefficient (Wildman–Crippen LogP) is 1.20. The Morgan fingerprint density at radius 3 is 2.33 bits per heavy atom. The Bertz CT molecular complexity index is 571. The van der Waals surface area contributed by atoms with E-state index in [0.717, 1.165) is 5.56 Å². The van der Waals surface area contributed by atoms with Crippen molar-refractivity contribution in [1.82, 2.24) is 4.90 Å². The van der Waals surface area contributed by atoms with Crippen molar-refractivity contribution in [3.05, 3.63) is 35.4 Å². The number of rotatable bonds is 3. The van der Waals surface area contributed by atoms with E-state index < -0.39 is 0 Å². The lowest BCUT2D eigenvalue weighted by molar-refractivity contribution is -0.146. The molecule has 1 fully saturated rings.